The van der Waals surface area contributed by atoms with Gasteiger partial charge in [-0.1, -0.05) is 18.2 Å². The van der Waals surface area contributed by atoms with Crippen molar-refractivity contribution in [2.75, 3.05) is 10.5 Å². The quantitative estimate of drug-likeness (QED) is 0.836. The molecule has 1 heterocycles. The first-order chi connectivity index (χ1) is 8.96. The maximum atomic E-state index is 12.0. The topological polar surface area (TPSA) is 85.1 Å². The van der Waals surface area contributed by atoms with Gasteiger partial charge in [-0.05, 0) is 30.2 Å². The van der Waals surface area contributed by atoms with Crippen molar-refractivity contribution in [3.63, 3.8) is 0 Å². The van der Waals surface area contributed by atoms with E-state index in [1.807, 2.05) is 6.92 Å². The highest BCUT2D eigenvalue weighted by Crippen LogP contribution is 2.16. The average Bonchev–Trinajstić information content (AvgIpc) is 2.31. The molecule has 0 radical (unpaired) electrons. The van der Waals surface area contributed by atoms with Crippen LogP contribution in [0.2, 0.25) is 0 Å². The van der Waals surface area contributed by atoms with Gasteiger partial charge in [-0.25, -0.2) is 8.42 Å². The zero-order valence-electron chi connectivity index (χ0n) is 10.5. The lowest BCUT2D eigenvalue weighted by molar-refractivity contribution is 0.600. The third-order valence-corrected chi connectivity index (χ3v) is 3.79. The molecule has 6 heteroatoms. The van der Waals surface area contributed by atoms with Crippen LogP contribution in [0.5, 0.6) is 0 Å². The molecular weight excluding hydrogens is 262 g/mol. The summed E-state index contributed by atoms with van der Waals surface area (Å²) in [4.78, 5) is 3.94. The van der Waals surface area contributed by atoms with Crippen molar-refractivity contribution < 1.29 is 8.42 Å². The first-order valence-corrected chi connectivity index (χ1v) is 7.37. The Morgan fingerprint density at radius 1 is 1.26 bits per heavy atom. The van der Waals surface area contributed by atoms with Gasteiger partial charge in [-0.15, -0.1) is 0 Å². The van der Waals surface area contributed by atoms with E-state index < -0.39 is 10.0 Å². The Hall–Kier alpha value is -2.08. The maximum absolute atomic E-state index is 12.0. The van der Waals surface area contributed by atoms with E-state index in [0.29, 0.717) is 16.9 Å². The van der Waals surface area contributed by atoms with Crippen molar-refractivity contribution in [2.24, 2.45) is 0 Å². The number of benzene rings is 1. The second-order valence-electron chi connectivity index (χ2n) is 4.31. The number of aryl methyl sites for hydroxylation is 1. The van der Waals surface area contributed by atoms with Gasteiger partial charge in [0.2, 0.25) is 10.0 Å². The van der Waals surface area contributed by atoms with Crippen LogP contribution < -0.4 is 10.5 Å². The Kier molecular flexibility index (Phi) is 3.71. The summed E-state index contributed by atoms with van der Waals surface area (Å²) in [6, 6.07) is 8.62. The number of nitrogens with one attached hydrogen (secondary N) is 1. The molecule has 2 aromatic rings. The summed E-state index contributed by atoms with van der Waals surface area (Å²) in [5.74, 6) is -0.159. The van der Waals surface area contributed by atoms with E-state index in [2.05, 4.69) is 9.71 Å². The van der Waals surface area contributed by atoms with E-state index in [9.17, 15) is 8.42 Å². The number of nitrogen functional groups attached to an aromatic ring is 1. The van der Waals surface area contributed by atoms with Crippen molar-refractivity contribution >= 4 is 21.4 Å². The highest BCUT2D eigenvalue weighted by Gasteiger charge is 2.13. The van der Waals surface area contributed by atoms with Gasteiger partial charge in [-0.3, -0.25) is 9.71 Å². The molecule has 0 fully saturated rings. The fraction of sp³-hybridized carbons (Fsp3) is 0.154. The number of aromatic nitrogens is 1. The molecule has 1 aromatic carbocycles. The van der Waals surface area contributed by atoms with Crippen molar-refractivity contribution in [3.8, 4) is 0 Å². The molecule has 3 N–H and O–H groups in total. The van der Waals surface area contributed by atoms with Crippen LogP contribution in [-0.4, -0.2) is 13.4 Å². The Bertz CT molecular complexity index is 684. The van der Waals surface area contributed by atoms with E-state index in [1.165, 1.54) is 6.20 Å². The smallest absolute Gasteiger partial charge is 0.237 e. The molecule has 0 spiro atoms. The highest BCUT2D eigenvalue weighted by atomic mass is 32.2. The molecule has 0 atom stereocenters. The fourth-order valence-corrected chi connectivity index (χ4v) is 2.91. The molecule has 0 unspecified atom stereocenters. The summed E-state index contributed by atoms with van der Waals surface area (Å²) in [7, 11) is -3.50. The molecule has 0 aliphatic carbocycles. The third kappa shape index (κ3) is 3.69. The van der Waals surface area contributed by atoms with E-state index in [0.717, 1.165) is 5.56 Å². The van der Waals surface area contributed by atoms with Gasteiger partial charge in [0, 0.05) is 11.9 Å². The van der Waals surface area contributed by atoms with Gasteiger partial charge in [-0.2, -0.15) is 0 Å². The SMILES string of the molecule is Cc1cncc(NS(=O)(=O)Cc2ccccc2N)c1. The molecule has 0 amide bonds. The Morgan fingerprint density at radius 3 is 2.68 bits per heavy atom. The third-order valence-electron chi connectivity index (χ3n) is 2.55. The second-order valence-corrected chi connectivity index (χ2v) is 6.03. The Balaban J connectivity index is 2.18. The lowest BCUT2D eigenvalue weighted by Gasteiger charge is -2.09. The van der Waals surface area contributed by atoms with Crippen molar-refractivity contribution in [1.29, 1.82) is 0 Å². The van der Waals surface area contributed by atoms with E-state index in [4.69, 9.17) is 5.73 Å². The van der Waals surface area contributed by atoms with Gasteiger partial charge in [0.15, 0.2) is 0 Å². The van der Waals surface area contributed by atoms with Crippen molar-refractivity contribution in [3.05, 3.63) is 53.9 Å². The predicted molar refractivity (Wildman–Crippen MR) is 76.1 cm³/mol. The molecule has 0 aliphatic heterocycles. The molecule has 100 valence electrons. The second kappa shape index (κ2) is 5.27. The summed E-state index contributed by atoms with van der Waals surface area (Å²) in [6.45, 7) is 1.85. The first kappa shape index (κ1) is 13.4. The number of anilines is 2. The first-order valence-electron chi connectivity index (χ1n) is 5.72. The number of nitrogens with zero attached hydrogens (tertiary/aromatic N) is 1. The molecule has 19 heavy (non-hydrogen) atoms. The summed E-state index contributed by atoms with van der Waals surface area (Å²) >= 11 is 0. The van der Waals surface area contributed by atoms with Crippen LogP contribution in [0, 0.1) is 6.92 Å². The summed E-state index contributed by atoms with van der Waals surface area (Å²) in [6.07, 6.45) is 3.13. The minimum Gasteiger partial charge on any atom is -0.398 e. The fourth-order valence-electron chi connectivity index (χ4n) is 1.70. The summed E-state index contributed by atoms with van der Waals surface area (Å²) in [5.41, 5.74) is 8.13. The molecule has 1 aromatic heterocycles. The zero-order valence-corrected chi connectivity index (χ0v) is 11.3. The largest absolute Gasteiger partial charge is 0.398 e. The van der Waals surface area contributed by atoms with Crippen LogP contribution >= 0.6 is 0 Å². The molecular formula is C13H15N3O2S. The average molecular weight is 277 g/mol. The summed E-state index contributed by atoms with van der Waals surface area (Å²) in [5, 5.41) is 0. The monoisotopic (exact) mass is 277 g/mol. The van der Waals surface area contributed by atoms with Crippen molar-refractivity contribution in [2.45, 2.75) is 12.7 Å². The number of hydrogen-bond acceptors (Lipinski definition) is 4. The van der Waals surface area contributed by atoms with E-state index in [-0.39, 0.29) is 5.75 Å². The van der Waals surface area contributed by atoms with Crippen LogP contribution in [0.3, 0.4) is 0 Å². The van der Waals surface area contributed by atoms with Crippen LogP contribution in [0.15, 0.2) is 42.7 Å². The van der Waals surface area contributed by atoms with Gasteiger partial charge in [0.25, 0.3) is 0 Å². The van der Waals surface area contributed by atoms with Gasteiger partial charge in [0.1, 0.15) is 0 Å². The minimum absolute atomic E-state index is 0.159. The Labute approximate surface area is 112 Å². The number of para-hydroxylation sites is 1. The van der Waals surface area contributed by atoms with Crippen LogP contribution in [-0.2, 0) is 15.8 Å². The molecule has 0 saturated carbocycles. The molecule has 2 rings (SSSR count). The lowest BCUT2D eigenvalue weighted by Crippen LogP contribution is -2.16. The zero-order chi connectivity index (χ0) is 13.9. The molecule has 5 nitrogen and oxygen atoms in total. The number of sulfonamides is 1. The summed E-state index contributed by atoms with van der Waals surface area (Å²) < 4.78 is 26.6. The standard InChI is InChI=1S/C13H15N3O2S/c1-10-6-12(8-15-7-10)16-19(17,18)9-11-4-2-3-5-13(11)14/h2-8,16H,9,14H2,1H3. The van der Waals surface area contributed by atoms with Gasteiger partial charge >= 0.3 is 0 Å². The Morgan fingerprint density at radius 2 is 2.00 bits per heavy atom. The lowest BCUT2D eigenvalue weighted by atomic mass is 10.2. The number of rotatable bonds is 4. The number of pyridine rings is 1. The molecule has 0 saturated heterocycles. The van der Waals surface area contributed by atoms with E-state index >= 15 is 0 Å². The van der Waals surface area contributed by atoms with Crippen molar-refractivity contribution in [1.82, 2.24) is 4.98 Å². The van der Waals surface area contributed by atoms with Crippen LogP contribution in [0.25, 0.3) is 0 Å². The van der Waals surface area contributed by atoms with Crippen LogP contribution in [0.4, 0.5) is 11.4 Å². The van der Waals surface area contributed by atoms with Crippen LogP contribution in [0.1, 0.15) is 11.1 Å². The normalized spacial score (nSPS) is 11.2. The van der Waals surface area contributed by atoms with Gasteiger partial charge in [0.05, 0.1) is 17.6 Å². The number of hydrogen-bond donors (Lipinski definition) is 2. The molecule has 0 aliphatic rings. The number of nitrogens with two attached hydrogens (primary N) is 1. The van der Waals surface area contributed by atoms with E-state index in [1.54, 1.807) is 36.5 Å². The predicted octanol–water partition coefficient (Wildman–Crippen LogP) is 1.91. The molecule has 0 bridgehead atoms. The van der Waals surface area contributed by atoms with Gasteiger partial charge < -0.3 is 5.73 Å². The minimum atomic E-state index is -3.50. The maximum Gasteiger partial charge on any atom is 0.237 e. The highest BCUT2D eigenvalue weighted by molar-refractivity contribution is 7.91.